The van der Waals surface area contributed by atoms with E-state index in [0.29, 0.717) is 16.0 Å². The largest absolute Gasteiger partial charge is 0.479 e. The molecule has 0 aliphatic rings. The van der Waals surface area contributed by atoms with Crippen molar-refractivity contribution >= 4 is 33.1 Å². The first-order chi connectivity index (χ1) is 8.61. The van der Waals surface area contributed by atoms with E-state index in [4.69, 9.17) is 10.5 Å². The Morgan fingerprint density at radius 2 is 2.17 bits per heavy atom. The van der Waals surface area contributed by atoms with Gasteiger partial charge in [0.2, 0.25) is 5.88 Å². The van der Waals surface area contributed by atoms with Crippen molar-refractivity contribution in [2.45, 2.75) is 0 Å². The number of aromatic nitrogens is 2. The van der Waals surface area contributed by atoms with Crippen LogP contribution in [0.1, 0.15) is 0 Å². The average Bonchev–Trinajstić information content (AvgIpc) is 2.35. The molecule has 0 saturated heterocycles. The van der Waals surface area contributed by atoms with Crippen molar-refractivity contribution in [3.05, 3.63) is 34.8 Å². The summed E-state index contributed by atoms with van der Waals surface area (Å²) in [6.45, 7) is 0. The van der Waals surface area contributed by atoms with Crippen LogP contribution in [0.4, 0.5) is 21.6 Å². The topological polar surface area (TPSA) is 73.1 Å². The predicted molar refractivity (Wildman–Crippen MR) is 70.4 cm³/mol. The lowest BCUT2D eigenvalue weighted by molar-refractivity contribution is 0.399. The fourth-order valence-corrected chi connectivity index (χ4v) is 1.81. The van der Waals surface area contributed by atoms with E-state index in [0.717, 1.165) is 0 Å². The van der Waals surface area contributed by atoms with Crippen LogP contribution < -0.4 is 15.8 Å². The third-order valence-corrected chi connectivity index (χ3v) is 2.88. The molecule has 1 aromatic heterocycles. The van der Waals surface area contributed by atoms with Gasteiger partial charge in [-0.1, -0.05) is 0 Å². The minimum Gasteiger partial charge on any atom is -0.479 e. The summed E-state index contributed by atoms with van der Waals surface area (Å²) in [4.78, 5) is 7.87. The first kappa shape index (κ1) is 12.6. The molecule has 1 aromatic carbocycles. The van der Waals surface area contributed by atoms with E-state index in [-0.39, 0.29) is 17.4 Å². The molecule has 3 N–H and O–H groups in total. The van der Waals surface area contributed by atoms with E-state index in [1.54, 1.807) is 6.07 Å². The third kappa shape index (κ3) is 2.51. The molecule has 0 radical (unpaired) electrons. The van der Waals surface area contributed by atoms with Gasteiger partial charge >= 0.3 is 0 Å². The normalized spacial score (nSPS) is 10.2. The number of nitrogens with zero attached hydrogens (tertiary/aromatic N) is 2. The number of nitrogens with one attached hydrogen (secondary N) is 1. The zero-order chi connectivity index (χ0) is 13.1. The van der Waals surface area contributed by atoms with E-state index in [1.807, 2.05) is 0 Å². The van der Waals surface area contributed by atoms with Gasteiger partial charge in [-0.3, -0.25) is 0 Å². The average molecular weight is 313 g/mol. The van der Waals surface area contributed by atoms with Crippen molar-refractivity contribution < 1.29 is 9.13 Å². The Bertz CT molecular complexity index is 579. The van der Waals surface area contributed by atoms with Crippen molar-refractivity contribution in [3.63, 3.8) is 0 Å². The standard InChI is InChI=1S/C11H10BrFN4O/c1-18-11-9(14)10(15-5-16-11)17-8-3-2-6(13)4-7(8)12/h2-5H,14H2,1H3,(H,15,16,17). The van der Waals surface area contributed by atoms with E-state index in [2.05, 4.69) is 31.2 Å². The molecule has 18 heavy (non-hydrogen) atoms. The SMILES string of the molecule is COc1ncnc(Nc2ccc(F)cc2Br)c1N. The Hall–Kier alpha value is -1.89. The maximum Gasteiger partial charge on any atom is 0.242 e. The molecule has 0 aliphatic carbocycles. The number of hydrogen-bond acceptors (Lipinski definition) is 5. The molecule has 94 valence electrons. The number of anilines is 3. The van der Waals surface area contributed by atoms with E-state index >= 15 is 0 Å². The molecule has 0 atom stereocenters. The maximum atomic E-state index is 13.0. The highest BCUT2D eigenvalue weighted by atomic mass is 79.9. The van der Waals surface area contributed by atoms with Gasteiger partial charge in [-0.2, -0.15) is 4.98 Å². The number of nitrogens with two attached hydrogens (primary N) is 1. The van der Waals surface area contributed by atoms with Crippen molar-refractivity contribution in [1.29, 1.82) is 0 Å². The van der Waals surface area contributed by atoms with Crippen molar-refractivity contribution in [2.24, 2.45) is 0 Å². The lowest BCUT2D eigenvalue weighted by Crippen LogP contribution is -2.03. The van der Waals surface area contributed by atoms with E-state index in [9.17, 15) is 4.39 Å². The molecule has 0 spiro atoms. The molecule has 2 rings (SSSR count). The predicted octanol–water partition coefficient (Wildman–Crippen LogP) is 2.71. The fourth-order valence-electron chi connectivity index (χ4n) is 1.36. The molecule has 0 aliphatic heterocycles. The highest BCUT2D eigenvalue weighted by molar-refractivity contribution is 9.10. The van der Waals surface area contributed by atoms with Crippen LogP contribution in [0.5, 0.6) is 5.88 Å². The smallest absolute Gasteiger partial charge is 0.242 e. The van der Waals surface area contributed by atoms with Crippen molar-refractivity contribution in [2.75, 3.05) is 18.2 Å². The van der Waals surface area contributed by atoms with Crippen molar-refractivity contribution in [3.8, 4) is 5.88 Å². The van der Waals surface area contributed by atoms with Gasteiger partial charge < -0.3 is 15.8 Å². The molecule has 1 heterocycles. The molecule has 0 fully saturated rings. The number of halogens is 2. The first-order valence-electron chi connectivity index (χ1n) is 4.98. The van der Waals surface area contributed by atoms with E-state index in [1.165, 1.54) is 25.6 Å². The number of rotatable bonds is 3. The van der Waals surface area contributed by atoms with Crippen LogP contribution in [0, 0.1) is 5.82 Å². The molecule has 0 unspecified atom stereocenters. The summed E-state index contributed by atoms with van der Waals surface area (Å²) in [5, 5.41) is 2.97. The second-order valence-corrected chi connectivity index (χ2v) is 4.25. The van der Waals surface area contributed by atoms with Gasteiger partial charge in [-0.05, 0) is 34.1 Å². The fraction of sp³-hybridized carbons (Fsp3) is 0.0909. The van der Waals surface area contributed by atoms with Gasteiger partial charge in [0, 0.05) is 4.47 Å². The van der Waals surface area contributed by atoms with Crippen LogP contribution in [0.25, 0.3) is 0 Å². The summed E-state index contributed by atoms with van der Waals surface area (Å²) in [5.41, 5.74) is 6.75. The van der Waals surface area contributed by atoms with Gasteiger partial charge in [-0.25, -0.2) is 9.37 Å². The summed E-state index contributed by atoms with van der Waals surface area (Å²) in [6, 6.07) is 4.26. The maximum absolute atomic E-state index is 13.0. The van der Waals surface area contributed by atoms with Gasteiger partial charge in [0.25, 0.3) is 0 Å². The lowest BCUT2D eigenvalue weighted by Gasteiger charge is -2.11. The summed E-state index contributed by atoms with van der Waals surface area (Å²) >= 11 is 3.25. The Kier molecular flexibility index (Phi) is 3.61. The summed E-state index contributed by atoms with van der Waals surface area (Å²) in [6.07, 6.45) is 1.33. The summed E-state index contributed by atoms with van der Waals surface area (Å²) in [5.74, 6) is 0.348. The van der Waals surface area contributed by atoms with Crippen LogP contribution in [-0.2, 0) is 0 Å². The first-order valence-corrected chi connectivity index (χ1v) is 5.77. The number of hydrogen-bond donors (Lipinski definition) is 2. The van der Waals surface area contributed by atoms with Crippen molar-refractivity contribution in [1.82, 2.24) is 9.97 Å². The zero-order valence-corrected chi connectivity index (χ0v) is 11.0. The molecule has 2 aromatic rings. The van der Waals surface area contributed by atoms with Gasteiger partial charge in [0.05, 0.1) is 12.8 Å². The summed E-state index contributed by atoms with van der Waals surface area (Å²) in [7, 11) is 1.47. The second-order valence-electron chi connectivity index (χ2n) is 3.39. The molecule has 5 nitrogen and oxygen atoms in total. The van der Waals surface area contributed by atoms with Crippen LogP contribution >= 0.6 is 15.9 Å². The highest BCUT2D eigenvalue weighted by Gasteiger charge is 2.10. The van der Waals surface area contributed by atoms with Crippen LogP contribution in [0.15, 0.2) is 29.0 Å². The number of benzene rings is 1. The molecular formula is C11H10BrFN4O. The minimum absolute atomic E-state index is 0.283. The molecule has 0 bridgehead atoms. The van der Waals surface area contributed by atoms with Gasteiger partial charge in [0.1, 0.15) is 17.8 Å². The Balaban J connectivity index is 2.34. The number of nitrogen functional groups attached to an aromatic ring is 1. The Labute approximate surface area is 111 Å². The molecular weight excluding hydrogens is 303 g/mol. The Morgan fingerprint density at radius 1 is 1.39 bits per heavy atom. The van der Waals surface area contributed by atoms with Crippen LogP contribution in [-0.4, -0.2) is 17.1 Å². The monoisotopic (exact) mass is 312 g/mol. The van der Waals surface area contributed by atoms with E-state index < -0.39 is 0 Å². The minimum atomic E-state index is -0.333. The number of ether oxygens (including phenoxy) is 1. The zero-order valence-electron chi connectivity index (χ0n) is 9.45. The van der Waals surface area contributed by atoms with Crippen LogP contribution in [0.3, 0.4) is 0 Å². The Morgan fingerprint density at radius 3 is 2.83 bits per heavy atom. The van der Waals surface area contributed by atoms with Gasteiger partial charge in [-0.15, -0.1) is 0 Å². The highest BCUT2D eigenvalue weighted by Crippen LogP contribution is 2.30. The molecule has 7 heteroatoms. The van der Waals surface area contributed by atoms with Crippen LogP contribution in [0.2, 0.25) is 0 Å². The number of methoxy groups -OCH3 is 1. The summed E-state index contributed by atoms with van der Waals surface area (Å²) < 4.78 is 18.5. The quantitative estimate of drug-likeness (QED) is 0.911. The second kappa shape index (κ2) is 5.18. The third-order valence-electron chi connectivity index (χ3n) is 2.22. The molecule has 0 amide bonds. The van der Waals surface area contributed by atoms with Gasteiger partial charge in [0.15, 0.2) is 5.82 Å². The molecule has 0 saturated carbocycles. The lowest BCUT2D eigenvalue weighted by atomic mass is 10.3.